The first-order valence-electron chi connectivity index (χ1n) is 11.4. The van der Waals surface area contributed by atoms with E-state index in [9.17, 15) is 29.4 Å². The van der Waals surface area contributed by atoms with E-state index in [-0.39, 0.29) is 26.9 Å². The molecule has 0 aliphatic heterocycles. The second kappa shape index (κ2) is 18.3. The summed E-state index contributed by atoms with van der Waals surface area (Å²) in [7, 11) is 0. The summed E-state index contributed by atoms with van der Waals surface area (Å²) < 4.78 is 0. The molecule has 0 spiro atoms. The fraction of sp³-hybridized carbons (Fsp3) is 0.826. The zero-order valence-corrected chi connectivity index (χ0v) is 23.6. The van der Waals surface area contributed by atoms with Crippen molar-refractivity contribution >= 4 is 67.5 Å². The molecular formula is C23H40O6S4. The maximum Gasteiger partial charge on any atom is 0.185 e. The second-order valence-electron chi connectivity index (χ2n) is 8.40. The first kappa shape index (κ1) is 33.0. The van der Waals surface area contributed by atoms with E-state index in [1.165, 1.54) is 74.7 Å². The van der Waals surface area contributed by atoms with Crippen LogP contribution in [0, 0.1) is 0 Å². The normalized spacial score (nSPS) is 12.1. The molecule has 0 aromatic heterocycles. The van der Waals surface area contributed by atoms with Crippen molar-refractivity contribution in [2.24, 2.45) is 0 Å². The van der Waals surface area contributed by atoms with Gasteiger partial charge < -0.3 is 10.2 Å². The molecule has 0 amide bonds. The number of hydrogen-bond acceptors (Lipinski definition) is 10. The molecular weight excluding hydrogens is 501 g/mol. The Morgan fingerprint density at radius 2 is 0.727 bits per heavy atom. The largest absolute Gasteiger partial charge is 0.390 e. The highest BCUT2D eigenvalue weighted by molar-refractivity contribution is 8.14. The maximum absolute atomic E-state index is 11.5. The van der Waals surface area contributed by atoms with Gasteiger partial charge in [-0.2, -0.15) is 0 Å². The van der Waals surface area contributed by atoms with Crippen LogP contribution in [0.1, 0.15) is 85.5 Å². The predicted molar refractivity (Wildman–Crippen MR) is 144 cm³/mol. The summed E-state index contributed by atoms with van der Waals surface area (Å²) >= 11 is 4.92. The Morgan fingerprint density at radius 1 is 0.515 bits per heavy atom. The Morgan fingerprint density at radius 3 is 0.909 bits per heavy atom. The molecule has 33 heavy (non-hydrogen) atoms. The SMILES string of the molecule is CC(=O)SCCCC(O)(CCCSC(C)=O)CC(O)(CCCSC(C)=O)CCCSC(C)=O. The van der Waals surface area contributed by atoms with Gasteiger partial charge >= 0.3 is 0 Å². The van der Waals surface area contributed by atoms with E-state index < -0.39 is 11.2 Å². The predicted octanol–water partition coefficient (Wildman–Crippen LogP) is 5.08. The van der Waals surface area contributed by atoms with Crippen molar-refractivity contribution in [3.05, 3.63) is 0 Å². The van der Waals surface area contributed by atoms with Gasteiger partial charge in [0.2, 0.25) is 0 Å². The minimum Gasteiger partial charge on any atom is -0.390 e. The molecule has 0 saturated carbocycles. The molecule has 0 heterocycles. The van der Waals surface area contributed by atoms with Crippen molar-refractivity contribution in [2.75, 3.05) is 23.0 Å². The highest BCUT2D eigenvalue weighted by Crippen LogP contribution is 2.36. The molecule has 0 aromatic rings. The molecule has 192 valence electrons. The summed E-state index contributed by atoms with van der Waals surface area (Å²) in [4.78, 5) is 44.9. The Hall–Kier alpha value is -0.000000000000000111. The van der Waals surface area contributed by atoms with Crippen LogP contribution in [-0.2, 0) is 19.2 Å². The topological polar surface area (TPSA) is 109 Å². The molecule has 0 bridgehead atoms. The summed E-state index contributed by atoms with van der Waals surface area (Å²) in [5, 5.41) is 23.2. The lowest BCUT2D eigenvalue weighted by Gasteiger charge is -2.38. The third-order valence-electron chi connectivity index (χ3n) is 5.03. The molecule has 0 fully saturated rings. The van der Waals surface area contributed by atoms with Gasteiger partial charge in [0.25, 0.3) is 0 Å². The lowest BCUT2D eigenvalue weighted by molar-refractivity contribution is -0.109. The van der Waals surface area contributed by atoms with Gasteiger partial charge in [0, 0.05) is 57.1 Å². The van der Waals surface area contributed by atoms with E-state index in [1.807, 2.05) is 0 Å². The molecule has 0 unspecified atom stereocenters. The van der Waals surface area contributed by atoms with Crippen LogP contribution in [0.2, 0.25) is 0 Å². The average molecular weight is 541 g/mol. The van der Waals surface area contributed by atoms with Crippen LogP contribution in [0.15, 0.2) is 0 Å². The number of rotatable bonds is 18. The Bertz CT molecular complexity index is 530. The molecule has 0 saturated heterocycles. The summed E-state index contributed by atoms with van der Waals surface area (Å²) in [5.74, 6) is 2.46. The van der Waals surface area contributed by atoms with Crippen LogP contribution in [0.25, 0.3) is 0 Å². The van der Waals surface area contributed by atoms with Crippen LogP contribution < -0.4 is 0 Å². The minimum atomic E-state index is -1.11. The van der Waals surface area contributed by atoms with Crippen LogP contribution >= 0.6 is 47.0 Å². The van der Waals surface area contributed by atoms with Gasteiger partial charge in [0.15, 0.2) is 20.5 Å². The molecule has 0 aromatic carbocycles. The number of hydrogen-bond donors (Lipinski definition) is 2. The minimum absolute atomic E-state index is 0.0406. The van der Waals surface area contributed by atoms with Gasteiger partial charge in [-0.05, 0) is 51.4 Å². The third-order valence-corrected chi connectivity index (χ3v) is 8.62. The molecule has 0 atom stereocenters. The van der Waals surface area contributed by atoms with Crippen molar-refractivity contribution in [1.82, 2.24) is 0 Å². The maximum atomic E-state index is 11.5. The van der Waals surface area contributed by atoms with Gasteiger partial charge in [-0.25, -0.2) is 0 Å². The second-order valence-corrected chi connectivity index (χ2v) is 13.5. The highest BCUT2D eigenvalue weighted by Gasteiger charge is 2.37. The lowest BCUT2D eigenvalue weighted by atomic mass is 9.77. The summed E-state index contributed by atoms with van der Waals surface area (Å²) in [6.45, 7) is 6.08. The molecule has 0 radical (unpaired) electrons. The number of aliphatic hydroxyl groups is 2. The van der Waals surface area contributed by atoms with Gasteiger partial charge in [-0.3, -0.25) is 19.2 Å². The standard InChI is InChI=1S/C23H40O6S4/c1-18(24)30-13-5-9-22(28,10-6-14-31-19(2)25)17-23(29,11-7-15-32-20(3)26)12-8-16-33-21(4)27/h28-29H,5-17H2,1-4H3. The molecule has 0 rings (SSSR count). The molecule has 2 N–H and O–H groups in total. The van der Waals surface area contributed by atoms with Crippen molar-refractivity contribution in [3.8, 4) is 0 Å². The zero-order chi connectivity index (χ0) is 25.3. The van der Waals surface area contributed by atoms with Crippen molar-refractivity contribution < 1.29 is 29.4 Å². The van der Waals surface area contributed by atoms with E-state index in [2.05, 4.69) is 0 Å². The van der Waals surface area contributed by atoms with Gasteiger partial charge in [-0.1, -0.05) is 47.0 Å². The van der Waals surface area contributed by atoms with Crippen LogP contribution in [0.5, 0.6) is 0 Å². The number of carbonyl (C=O) groups is 4. The van der Waals surface area contributed by atoms with Gasteiger partial charge in [0.05, 0.1) is 11.2 Å². The Labute approximate surface area is 215 Å². The molecule has 6 nitrogen and oxygen atoms in total. The first-order valence-corrected chi connectivity index (χ1v) is 15.3. The average Bonchev–Trinajstić information content (AvgIpc) is 2.69. The first-order chi connectivity index (χ1) is 15.4. The third kappa shape index (κ3) is 19.9. The van der Waals surface area contributed by atoms with E-state index in [4.69, 9.17) is 0 Å². The molecule has 0 aliphatic rings. The summed E-state index contributed by atoms with van der Waals surface area (Å²) in [6.07, 6.45) is 4.65. The van der Waals surface area contributed by atoms with E-state index in [0.717, 1.165) is 0 Å². The zero-order valence-electron chi connectivity index (χ0n) is 20.4. The van der Waals surface area contributed by atoms with Crippen molar-refractivity contribution in [2.45, 2.75) is 96.7 Å². The van der Waals surface area contributed by atoms with E-state index in [1.54, 1.807) is 0 Å². The number of carbonyl (C=O) groups excluding carboxylic acids is 4. The fourth-order valence-corrected chi connectivity index (χ4v) is 5.99. The smallest absolute Gasteiger partial charge is 0.185 e. The fourth-order valence-electron chi connectivity index (χ4n) is 3.68. The Balaban J connectivity index is 5.22. The van der Waals surface area contributed by atoms with Crippen LogP contribution in [0.3, 0.4) is 0 Å². The van der Waals surface area contributed by atoms with Gasteiger partial charge in [-0.15, -0.1) is 0 Å². The lowest BCUT2D eigenvalue weighted by Crippen LogP contribution is -2.42. The van der Waals surface area contributed by atoms with Gasteiger partial charge in [0.1, 0.15) is 0 Å². The monoisotopic (exact) mass is 540 g/mol. The van der Waals surface area contributed by atoms with Crippen LogP contribution in [-0.4, -0.2) is 64.9 Å². The Kier molecular flexibility index (Phi) is 18.3. The van der Waals surface area contributed by atoms with Crippen LogP contribution in [0.4, 0.5) is 0 Å². The highest BCUT2D eigenvalue weighted by atomic mass is 32.2. The van der Waals surface area contributed by atoms with E-state index >= 15 is 0 Å². The quantitative estimate of drug-likeness (QED) is 0.228. The number of thioether (sulfide) groups is 4. The van der Waals surface area contributed by atoms with Crippen molar-refractivity contribution in [3.63, 3.8) is 0 Å². The molecule has 0 aliphatic carbocycles. The summed E-state index contributed by atoms with van der Waals surface area (Å²) in [5.41, 5.74) is -2.21. The summed E-state index contributed by atoms with van der Waals surface area (Å²) in [6, 6.07) is 0. The van der Waals surface area contributed by atoms with Crippen molar-refractivity contribution in [1.29, 1.82) is 0 Å². The molecule has 10 heteroatoms. The van der Waals surface area contributed by atoms with E-state index in [0.29, 0.717) is 74.4 Å².